The molecule has 6 nitrogen and oxygen atoms in total. The smallest absolute Gasteiger partial charge is 0.300 e. The van der Waals surface area contributed by atoms with E-state index in [1.807, 2.05) is 11.5 Å². The molecule has 0 atom stereocenters. The van der Waals surface area contributed by atoms with Gasteiger partial charge in [-0.25, -0.2) is 5.84 Å². The van der Waals surface area contributed by atoms with Gasteiger partial charge in [-0.1, -0.05) is 17.7 Å². The van der Waals surface area contributed by atoms with Crippen molar-refractivity contribution in [3.63, 3.8) is 0 Å². The summed E-state index contributed by atoms with van der Waals surface area (Å²) in [5.41, 5.74) is 3.69. The van der Waals surface area contributed by atoms with E-state index < -0.39 is 5.91 Å². The van der Waals surface area contributed by atoms with Crippen LogP contribution in [0, 0.1) is 0 Å². The SMILES string of the molecule is NNC(=O)c1ccc(CN2C(=O)Cc3ccc(Cl)cc32)o1. The zero-order valence-corrected chi connectivity index (χ0v) is 11.7. The van der Waals surface area contributed by atoms with Crippen molar-refractivity contribution in [3.05, 3.63) is 52.4 Å². The molecule has 1 aliphatic rings. The maximum absolute atomic E-state index is 12.1. The standard InChI is InChI=1S/C14H12ClN3O3/c15-9-2-1-8-5-13(19)18(11(8)6-9)7-10-3-4-12(21-10)14(20)17-16/h1-4,6H,5,7,16H2,(H,17,20). The highest BCUT2D eigenvalue weighted by Crippen LogP contribution is 2.32. The summed E-state index contributed by atoms with van der Waals surface area (Å²) >= 11 is 5.98. The summed E-state index contributed by atoms with van der Waals surface area (Å²) in [6, 6.07) is 8.49. The number of fused-ring (bicyclic) bond motifs is 1. The van der Waals surface area contributed by atoms with Crippen LogP contribution >= 0.6 is 11.6 Å². The van der Waals surface area contributed by atoms with Gasteiger partial charge < -0.3 is 9.32 Å². The first kappa shape index (κ1) is 13.7. The van der Waals surface area contributed by atoms with Gasteiger partial charge in [0.15, 0.2) is 5.76 Å². The Hall–Kier alpha value is -2.31. The zero-order valence-electron chi connectivity index (χ0n) is 10.9. The number of anilines is 1. The molecule has 2 heterocycles. The molecular formula is C14H12ClN3O3. The molecule has 0 spiro atoms. The summed E-state index contributed by atoms with van der Waals surface area (Å²) in [6.07, 6.45) is 0.337. The average molecular weight is 306 g/mol. The molecule has 1 aliphatic heterocycles. The lowest BCUT2D eigenvalue weighted by Crippen LogP contribution is -2.29. The van der Waals surface area contributed by atoms with Crippen LogP contribution in [0.25, 0.3) is 0 Å². The molecule has 0 fully saturated rings. The van der Waals surface area contributed by atoms with E-state index >= 15 is 0 Å². The lowest BCUT2D eigenvalue weighted by atomic mass is 10.2. The van der Waals surface area contributed by atoms with Crippen molar-refractivity contribution in [3.8, 4) is 0 Å². The summed E-state index contributed by atoms with van der Waals surface area (Å²) in [4.78, 5) is 25.0. The largest absolute Gasteiger partial charge is 0.454 e. The number of hydrogen-bond acceptors (Lipinski definition) is 4. The summed E-state index contributed by atoms with van der Waals surface area (Å²) < 4.78 is 5.37. The van der Waals surface area contributed by atoms with E-state index in [0.717, 1.165) is 11.3 Å². The quantitative estimate of drug-likeness (QED) is 0.512. The molecule has 0 saturated heterocycles. The number of rotatable bonds is 3. The monoisotopic (exact) mass is 305 g/mol. The Bertz CT molecular complexity index is 726. The number of nitrogen functional groups attached to an aromatic ring is 1. The first-order valence-electron chi connectivity index (χ1n) is 6.27. The summed E-state index contributed by atoms with van der Waals surface area (Å²) in [5, 5.41) is 0.566. The summed E-state index contributed by atoms with van der Waals surface area (Å²) in [7, 11) is 0. The number of halogens is 1. The number of carbonyl (C=O) groups is 2. The molecule has 0 bridgehead atoms. The average Bonchev–Trinajstić information content (AvgIpc) is 3.05. The maximum Gasteiger partial charge on any atom is 0.300 e. The fraction of sp³-hybridized carbons (Fsp3) is 0.143. The second-order valence-corrected chi connectivity index (χ2v) is 5.11. The van der Waals surface area contributed by atoms with Crippen LogP contribution in [0.4, 0.5) is 5.69 Å². The molecule has 0 saturated carbocycles. The zero-order chi connectivity index (χ0) is 15.0. The Labute approximate surface area is 125 Å². The van der Waals surface area contributed by atoms with Crippen LogP contribution in [0.5, 0.6) is 0 Å². The molecular weight excluding hydrogens is 294 g/mol. The van der Waals surface area contributed by atoms with E-state index in [2.05, 4.69) is 0 Å². The fourth-order valence-corrected chi connectivity index (χ4v) is 2.48. The van der Waals surface area contributed by atoms with Gasteiger partial charge in [0.1, 0.15) is 5.76 Å². The molecule has 1 aromatic heterocycles. The van der Waals surface area contributed by atoms with E-state index in [0.29, 0.717) is 17.2 Å². The highest BCUT2D eigenvalue weighted by atomic mass is 35.5. The molecule has 3 N–H and O–H groups in total. The molecule has 108 valence electrons. The van der Waals surface area contributed by atoms with Gasteiger partial charge >= 0.3 is 5.91 Å². The molecule has 7 heteroatoms. The van der Waals surface area contributed by atoms with Gasteiger partial charge in [0.2, 0.25) is 5.91 Å². The predicted octanol–water partition coefficient (Wildman–Crippen LogP) is 1.63. The van der Waals surface area contributed by atoms with Crippen LogP contribution in [0.1, 0.15) is 21.9 Å². The summed E-state index contributed by atoms with van der Waals surface area (Å²) in [6.45, 7) is 0.240. The number of furan rings is 1. The lowest BCUT2D eigenvalue weighted by Gasteiger charge is -2.16. The number of benzene rings is 1. The normalized spacial score (nSPS) is 13.4. The van der Waals surface area contributed by atoms with Crippen molar-refractivity contribution in [2.75, 3.05) is 4.90 Å². The van der Waals surface area contributed by atoms with Crippen molar-refractivity contribution < 1.29 is 14.0 Å². The van der Waals surface area contributed by atoms with E-state index in [9.17, 15) is 9.59 Å². The van der Waals surface area contributed by atoms with Gasteiger partial charge in [0.05, 0.1) is 13.0 Å². The fourth-order valence-electron chi connectivity index (χ4n) is 2.32. The molecule has 0 radical (unpaired) electrons. The lowest BCUT2D eigenvalue weighted by molar-refractivity contribution is -0.117. The molecule has 2 amide bonds. The molecule has 0 unspecified atom stereocenters. The molecule has 1 aromatic carbocycles. The molecule has 0 aliphatic carbocycles. The topological polar surface area (TPSA) is 88.6 Å². The van der Waals surface area contributed by atoms with Crippen LogP contribution < -0.4 is 16.2 Å². The number of carbonyl (C=O) groups excluding carboxylic acids is 2. The number of amides is 2. The minimum atomic E-state index is -0.516. The highest BCUT2D eigenvalue weighted by molar-refractivity contribution is 6.31. The van der Waals surface area contributed by atoms with Crippen LogP contribution in [0.2, 0.25) is 5.02 Å². The third-order valence-electron chi connectivity index (χ3n) is 3.31. The van der Waals surface area contributed by atoms with E-state index in [1.54, 1.807) is 23.1 Å². The maximum atomic E-state index is 12.1. The predicted molar refractivity (Wildman–Crippen MR) is 76.7 cm³/mol. The number of nitrogens with zero attached hydrogens (tertiary/aromatic N) is 1. The number of hydrogen-bond donors (Lipinski definition) is 2. The van der Waals surface area contributed by atoms with Crippen molar-refractivity contribution in [1.82, 2.24) is 5.43 Å². The van der Waals surface area contributed by atoms with Crippen LogP contribution in [-0.2, 0) is 17.8 Å². The minimum Gasteiger partial charge on any atom is -0.454 e. The number of nitrogens with two attached hydrogens (primary N) is 1. The van der Waals surface area contributed by atoms with Gasteiger partial charge in [-0.05, 0) is 29.8 Å². The van der Waals surface area contributed by atoms with E-state index in [4.69, 9.17) is 21.9 Å². The van der Waals surface area contributed by atoms with Gasteiger partial charge in [0, 0.05) is 10.7 Å². The first-order valence-corrected chi connectivity index (χ1v) is 6.64. The second-order valence-electron chi connectivity index (χ2n) is 4.67. The van der Waals surface area contributed by atoms with Crippen LogP contribution in [0.15, 0.2) is 34.7 Å². The van der Waals surface area contributed by atoms with Crippen LogP contribution in [-0.4, -0.2) is 11.8 Å². The minimum absolute atomic E-state index is 0.0338. The van der Waals surface area contributed by atoms with Gasteiger partial charge in [-0.3, -0.25) is 15.0 Å². The van der Waals surface area contributed by atoms with Crippen molar-refractivity contribution >= 4 is 29.1 Å². The third kappa shape index (κ3) is 2.51. The van der Waals surface area contributed by atoms with Crippen LogP contribution in [0.3, 0.4) is 0 Å². The van der Waals surface area contributed by atoms with Gasteiger partial charge in [-0.2, -0.15) is 0 Å². The summed E-state index contributed by atoms with van der Waals surface area (Å²) in [5.74, 6) is 5.09. The Morgan fingerprint density at radius 3 is 2.95 bits per heavy atom. The van der Waals surface area contributed by atoms with Crippen molar-refractivity contribution in [2.24, 2.45) is 5.84 Å². The second kappa shape index (κ2) is 5.23. The first-order chi connectivity index (χ1) is 10.1. The van der Waals surface area contributed by atoms with Crippen molar-refractivity contribution in [1.29, 1.82) is 0 Å². The highest BCUT2D eigenvalue weighted by Gasteiger charge is 2.28. The van der Waals surface area contributed by atoms with Gasteiger partial charge in [0.25, 0.3) is 0 Å². The molecule has 2 aromatic rings. The van der Waals surface area contributed by atoms with Crippen molar-refractivity contribution in [2.45, 2.75) is 13.0 Å². The Morgan fingerprint density at radius 2 is 2.19 bits per heavy atom. The van der Waals surface area contributed by atoms with E-state index in [-0.39, 0.29) is 18.2 Å². The Kier molecular flexibility index (Phi) is 3.40. The molecule has 21 heavy (non-hydrogen) atoms. The third-order valence-corrected chi connectivity index (χ3v) is 3.55. The Balaban J connectivity index is 1.85. The number of hydrazine groups is 1. The van der Waals surface area contributed by atoms with Gasteiger partial charge in [-0.15, -0.1) is 0 Å². The molecule has 3 rings (SSSR count). The number of nitrogens with one attached hydrogen (secondary N) is 1. The van der Waals surface area contributed by atoms with E-state index in [1.165, 1.54) is 6.07 Å². The Morgan fingerprint density at radius 1 is 1.38 bits per heavy atom.